The van der Waals surface area contributed by atoms with Crippen molar-refractivity contribution in [3.05, 3.63) is 20.8 Å². The van der Waals surface area contributed by atoms with Crippen molar-refractivity contribution >= 4 is 34.2 Å². The van der Waals surface area contributed by atoms with Crippen LogP contribution in [0.4, 0.5) is 0 Å². The number of rotatable bonds is 0. The highest BCUT2D eigenvalue weighted by atomic mass is 127. The van der Waals surface area contributed by atoms with E-state index in [1.165, 1.54) is 0 Å². The summed E-state index contributed by atoms with van der Waals surface area (Å²) in [5.41, 5.74) is 0. The molecule has 0 heterocycles. The van der Waals surface area contributed by atoms with E-state index in [1.807, 2.05) is 22.6 Å². The molecular weight excluding hydrogens is 266 g/mol. The lowest BCUT2D eigenvalue weighted by Crippen LogP contribution is -2.28. The van der Waals surface area contributed by atoms with E-state index in [0.717, 1.165) is 0 Å². The minimum Gasteiger partial charge on any atom is -0.385 e. The molecule has 2 nitrogen and oxygen atoms in total. The molecule has 0 fully saturated rings. The topological polar surface area (TPSA) is 40.5 Å². The molecule has 0 aromatic rings. The first-order valence-electron chi connectivity index (χ1n) is 2.72. The van der Waals surface area contributed by atoms with Gasteiger partial charge in [0.15, 0.2) is 0 Å². The molecule has 1 rings (SSSR count). The molecule has 0 saturated heterocycles. The number of hydrogen-bond donors (Lipinski definition) is 2. The van der Waals surface area contributed by atoms with Gasteiger partial charge in [-0.25, -0.2) is 0 Å². The molecule has 0 radical (unpaired) electrons. The van der Waals surface area contributed by atoms with Gasteiger partial charge in [0.25, 0.3) is 0 Å². The average Bonchev–Trinajstić information content (AvgIpc) is 1.93. The van der Waals surface area contributed by atoms with Gasteiger partial charge in [0.1, 0.15) is 12.2 Å². The van der Waals surface area contributed by atoms with E-state index < -0.39 is 12.2 Å². The van der Waals surface area contributed by atoms with E-state index in [0.29, 0.717) is 3.58 Å². The number of aliphatic hydroxyl groups excluding tert-OH is 2. The summed E-state index contributed by atoms with van der Waals surface area (Å²) < 4.78 is 0.703. The maximum atomic E-state index is 9.17. The third-order valence-electron chi connectivity index (χ3n) is 1.27. The van der Waals surface area contributed by atoms with Crippen molar-refractivity contribution < 1.29 is 10.2 Å². The number of halogens is 2. The molecule has 0 aromatic carbocycles. The number of aliphatic hydroxyl groups is 2. The molecule has 10 heavy (non-hydrogen) atoms. The fraction of sp³-hybridized carbons (Fsp3) is 0.333. The van der Waals surface area contributed by atoms with E-state index >= 15 is 0 Å². The van der Waals surface area contributed by atoms with Crippen molar-refractivity contribution in [3.63, 3.8) is 0 Å². The summed E-state index contributed by atoms with van der Waals surface area (Å²) in [4.78, 5) is 0. The minimum absolute atomic E-state index is 0.285. The third kappa shape index (κ3) is 1.53. The van der Waals surface area contributed by atoms with Crippen LogP contribution in [0.15, 0.2) is 20.8 Å². The van der Waals surface area contributed by atoms with Crippen LogP contribution >= 0.6 is 34.2 Å². The van der Waals surface area contributed by atoms with Crippen LogP contribution in [0.25, 0.3) is 0 Å². The Morgan fingerprint density at radius 2 is 1.90 bits per heavy atom. The normalized spacial score (nSPS) is 33.2. The smallest absolute Gasteiger partial charge is 0.120 e. The Balaban J connectivity index is 2.86. The molecule has 0 spiro atoms. The zero-order valence-corrected chi connectivity index (χ0v) is 7.87. The predicted molar refractivity (Wildman–Crippen MR) is 48.1 cm³/mol. The van der Waals surface area contributed by atoms with Crippen LogP contribution in [-0.4, -0.2) is 22.4 Å². The van der Waals surface area contributed by atoms with Gasteiger partial charge < -0.3 is 10.2 Å². The van der Waals surface area contributed by atoms with Crippen LogP contribution in [0.3, 0.4) is 0 Å². The molecule has 4 heteroatoms. The molecule has 1 aliphatic rings. The highest BCUT2D eigenvalue weighted by molar-refractivity contribution is 14.1. The highest BCUT2D eigenvalue weighted by Crippen LogP contribution is 2.25. The Bertz CT molecular complexity index is 178. The summed E-state index contributed by atoms with van der Waals surface area (Å²) in [7, 11) is 0. The maximum Gasteiger partial charge on any atom is 0.120 e. The quantitative estimate of drug-likeness (QED) is 0.650. The molecule has 0 unspecified atom stereocenters. The number of hydrogen-bond acceptors (Lipinski definition) is 2. The van der Waals surface area contributed by atoms with Crippen molar-refractivity contribution in [2.24, 2.45) is 0 Å². The van der Waals surface area contributed by atoms with Gasteiger partial charge in [-0.2, -0.15) is 0 Å². The molecule has 56 valence electrons. The SMILES string of the molecule is O[C@@H]1C(I)=CC=C(Cl)[C@@H]1O. The van der Waals surface area contributed by atoms with E-state index in [2.05, 4.69) is 0 Å². The third-order valence-corrected chi connectivity index (χ3v) is 2.61. The average molecular weight is 272 g/mol. The highest BCUT2D eigenvalue weighted by Gasteiger charge is 2.24. The molecule has 1 aliphatic carbocycles. The van der Waals surface area contributed by atoms with E-state index in [4.69, 9.17) is 21.8 Å². The Hall–Kier alpha value is 0.420. The molecule has 0 aliphatic heterocycles. The Morgan fingerprint density at radius 3 is 2.40 bits per heavy atom. The molecule has 0 aromatic heterocycles. The zero-order chi connectivity index (χ0) is 7.72. The van der Waals surface area contributed by atoms with Gasteiger partial charge in [0.05, 0.1) is 0 Å². The summed E-state index contributed by atoms with van der Waals surface area (Å²) >= 11 is 7.49. The van der Waals surface area contributed by atoms with Crippen LogP contribution < -0.4 is 0 Å². The van der Waals surface area contributed by atoms with Crippen molar-refractivity contribution in [3.8, 4) is 0 Å². The van der Waals surface area contributed by atoms with Crippen LogP contribution in [-0.2, 0) is 0 Å². The lowest BCUT2D eigenvalue weighted by molar-refractivity contribution is 0.0752. The fourth-order valence-electron chi connectivity index (χ4n) is 0.658. The summed E-state index contributed by atoms with van der Waals surface area (Å²) in [6.07, 6.45) is 1.47. The zero-order valence-electron chi connectivity index (χ0n) is 4.96. The first kappa shape index (κ1) is 8.52. The Kier molecular flexibility index (Phi) is 2.74. The minimum atomic E-state index is -0.946. The predicted octanol–water partition coefficient (Wildman–Crippen LogP) is 1.16. The summed E-state index contributed by atoms with van der Waals surface area (Å²) in [6.45, 7) is 0. The van der Waals surface area contributed by atoms with E-state index in [9.17, 15) is 0 Å². The van der Waals surface area contributed by atoms with Crippen LogP contribution in [0.1, 0.15) is 0 Å². The fourth-order valence-corrected chi connectivity index (χ4v) is 1.36. The first-order chi connectivity index (χ1) is 4.63. The lowest BCUT2D eigenvalue weighted by Gasteiger charge is -2.19. The lowest BCUT2D eigenvalue weighted by atomic mass is 10.1. The molecular formula is C6H6ClIO2. The molecule has 0 bridgehead atoms. The van der Waals surface area contributed by atoms with Crippen molar-refractivity contribution in [1.29, 1.82) is 0 Å². The van der Waals surface area contributed by atoms with Crippen LogP contribution in [0, 0.1) is 0 Å². The summed E-state index contributed by atoms with van der Waals surface area (Å²) in [5.74, 6) is 0. The summed E-state index contributed by atoms with van der Waals surface area (Å²) in [6, 6.07) is 0. The van der Waals surface area contributed by atoms with Gasteiger partial charge in [-0.1, -0.05) is 11.6 Å². The van der Waals surface area contributed by atoms with E-state index in [-0.39, 0.29) is 5.03 Å². The molecule has 2 atom stereocenters. The van der Waals surface area contributed by atoms with Crippen LogP contribution in [0.2, 0.25) is 0 Å². The van der Waals surface area contributed by atoms with Crippen molar-refractivity contribution in [1.82, 2.24) is 0 Å². The molecule has 0 saturated carbocycles. The second-order valence-electron chi connectivity index (χ2n) is 1.99. The van der Waals surface area contributed by atoms with Gasteiger partial charge in [-0.3, -0.25) is 0 Å². The van der Waals surface area contributed by atoms with Gasteiger partial charge in [0, 0.05) is 8.61 Å². The first-order valence-corrected chi connectivity index (χ1v) is 4.17. The molecule has 0 amide bonds. The number of allylic oxidation sites excluding steroid dienone is 2. The largest absolute Gasteiger partial charge is 0.385 e. The maximum absolute atomic E-state index is 9.17. The van der Waals surface area contributed by atoms with Gasteiger partial charge in [-0.05, 0) is 34.7 Å². The van der Waals surface area contributed by atoms with E-state index in [1.54, 1.807) is 12.2 Å². The Morgan fingerprint density at radius 1 is 1.30 bits per heavy atom. The van der Waals surface area contributed by atoms with Gasteiger partial charge in [-0.15, -0.1) is 0 Å². The second-order valence-corrected chi connectivity index (χ2v) is 3.67. The van der Waals surface area contributed by atoms with Gasteiger partial charge >= 0.3 is 0 Å². The standard InChI is InChI=1S/C6H6ClIO2/c7-3-1-2-4(8)6(10)5(3)9/h1-2,5-6,9-10H/t5-,6+/m0/s1. The van der Waals surface area contributed by atoms with Crippen molar-refractivity contribution in [2.45, 2.75) is 12.2 Å². The van der Waals surface area contributed by atoms with Crippen LogP contribution in [0.5, 0.6) is 0 Å². The Labute approximate surface area is 77.3 Å². The molecule has 2 N–H and O–H groups in total. The second kappa shape index (κ2) is 3.21. The van der Waals surface area contributed by atoms with Crippen molar-refractivity contribution in [2.75, 3.05) is 0 Å². The van der Waals surface area contributed by atoms with Gasteiger partial charge in [0.2, 0.25) is 0 Å². The monoisotopic (exact) mass is 272 g/mol. The summed E-state index contributed by atoms with van der Waals surface area (Å²) in [5, 5.41) is 18.6.